The normalized spacial score (nSPS) is 14.7. The number of nitrogens with zero attached hydrogens (tertiary/aromatic N) is 1. The lowest BCUT2D eigenvalue weighted by Crippen LogP contribution is -2.28. The molecule has 1 aliphatic heterocycles. The number of hydrogen-bond donors (Lipinski definition) is 1. The minimum Gasteiger partial charge on any atom is -0.462 e. The van der Waals surface area contributed by atoms with Crippen LogP contribution in [-0.4, -0.2) is 36.5 Å². The fourth-order valence-electron chi connectivity index (χ4n) is 2.27. The molecule has 0 saturated carbocycles. The number of likely N-dealkylation sites (tertiary alicyclic amines) is 1. The molecule has 6 heteroatoms. The lowest BCUT2D eigenvalue weighted by Gasteiger charge is -2.15. The number of nitrogens with two attached hydrogens (primary N) is 1. The van der Waals surface area contributed by atoms with Gasteiger partial charge >= 0.3 is 5.97 Å². The van der Waals surface area contributed by atoms with Gasteiger partial charge in [0, 0.05) is 13.1 Å². The summed E-state index contributed by atoms with van der Waals surface area (Å²) in [5.74, 6) is -0.475. The first-order valence-electron chi connectivity index (χ1n) is 6.41. The fourth-order valence-corrected chi connectivity index (χ4v) is 3.23. The van der Waals surface area contributed by atoms with E-state index in [1.165, 1.54) is 0 Å². The third kappa shape index (κ3) is 2.58. The first kappa shape index (κ1) is 13.9. The molecule has 0 radical (unpaired) electrons. The van der Waals surface area contributed by atoms with Crippen molar-refractivity contribution in [2.75, 3.05) is 25.4 Å². The molecule has 5 nitrogen and oxygen atoms in total. The van der Waals surface area contributed by atoms with E-state index in [4.69, 9.17) is 10.5 Å². The monoisotopic (exact) mass is 282 g/mol. The Morgan fingerprint density at radius 2 is 2.00 bits per heavy atom. The zero-order valence-electron chi connectivity index (χ0n) is 11.2. The van der Waals surface area contributed by atoms with Gasteiger partial charge < -0.3 is 15.4 Å². The molecule has 1 saturated heterocycles. The number of nitrogen functional groups attached to an aromatic ring is 1. The number of carbonyl (C=O) groups is 2. The van der Waals surface area contributed by atoms with E-state index in [0.29, 0.717) is 27.6 Å². The third-order valence-corrected chi connectivity index (χ3v) is 4.34. The highest BCUT2D eigenvalue weighted by atomic mass is 32.1. The van der Waals surface area contributed by atoms with Gasteiger partial charge in [0.05, 0.1) is 17.2 Å². The second-order valence-corrected chi connectivity index (χ2v) is 5.57. The van der Waals surface area contributed by atoms with Crippen molar-refractivity contribution in [3.63, 3.8) is 0 Å². The molecule has 2 rings (SSSR count). The minimum absolute atomic E-state index is 0.0701. The standard InChI is InChI=1S/C13H18N2O3S/c1-3-18-13(17)10-8(2)9(11(14)19-10)12(16)15-6-4-5-7-15/h3-7,14H2,1-2H3. The molecule has 1 amide bonds. The van der Waals surface area contributed by atoms with Crippen molar-refractivity contribution in [1.29, 1.82) is 0 Å². The Morgan fingerprint density at radius 3 is 2.58 bits per heavy atom. The summed E-state index contributed by atoms with van der Waals surface area (Å²) in [4.78, 5) is 26.4. The van der Waals surface area contributed by atoms with Gasteiger partial charge in [-0.25, -0.2) is 4.79 Å². The van der Waals surface area contributed by atoms with Gasteiger partial charge in [0.1, 0.15) is 4.88 Å². The topological polar surface area (TPSA) is 72.6 Å². The van der Waals surface area contributed by atoms with E-state index in [1.807, 2.05) is 0 Å². The summed E-state index contributed by atoms with van der Waals surface area (Å²) >= 11 is 1.13. The average Bonchev–Trinajstić information content (AvgIpc) is 2.97. The number of esters is 1. The van der Waals surface area contributed by atoms with Crippen LogP contribution in [0.15, 0.2) is 0 Å². The van der Waals surface area contributed by atoms with Gasteiger partial charge in [0.15, 0.2) is 0 Å². The summed E-state index contributed by atoms with van der Waals surface area (Å²) in [5.41, 5.74) is 7.01. The van der Waals surface area contributed by atoms with Gasteiger partial charge in [-0.1, -0.05) is 0 Å². The zero-order valence-corrected chi connectivity index (χ0v) is 12.0. The van der Waals surface area contributed by atoms with E-state index in [0.717, 1.165) is 37.3 Å². The van der Waals surface area contributed by atoms with Crippen LogP contribution in [0.2, 0.25) is 0 Å². The molecule has 0 spiro atoms. The first-order chi connectivity index (χ1) is 9.06. The first-order valence-corrected chi connectivity index (χ1v) is 7.23. The number of ether oxygens (including phenoxy) is 1. The quantitative estimate of drug-likeness (QED) is 0.861. The van der Waals surface area contributed by atoms with Crippen molar-refractivity contribution in [3.8, 4) is 0 Å². The fraction of sp³-hybridized carbons (Fsp3) is 0.538. The number of thiophene rings is 1. The van der Waals surface area contributed by atoms with E-state index < -0.39 is 5.97 Å². The largest absolute Gasteiger partial charge is 0.462 e. The predicted molar refractivity (Wildman–Crippen MR) is 74.6 cm³/mol. The van der Waals surface area contributed by atoms with Gasteiger partial charge in [0.25, 0.3) is 5.91 Å². The molecule has 0 unspecified atom stereocenters. The molecular formula is C13H18N2O3S. The molecule has 0 aromatic carbocycles. The van der Waals surface area contributed by atoms with Crippen LogP contribution in [0.25, 0.3) is 0 Å². The Bertz CT molecular complexity index is 504. The summed E-state index contributed by atoms with van der Waals surface area (Å²) in [6, 6.07) is 0. The summed E-state index contributed by atoms with van der Waals surface area (Å²) in [5, 5.41) is 0.400. The Balaban J connectivity index is 2.30. The molecule has 2 N–H and O–H groups in total. The van der Waals surface area contributed by atoms with Crippen molar-refractivity contribution in [2.45, 2.75) is 26.7 Å². The van der Waals surface area contributed by atoms with Crippen molar-refractivity contribution in [3.05, 3.63) is 16.0 Å². The van der Waals surface area contributed by atoms with E-state index >= 15 is 0 Å². The van der Waals surface area contributed by atoms with Crippen LogP contribution in [0.3, 0.4) is 0 Å². The predicted octanol–water partition coefficient (Wildman–Crippen LogP) is 2.05. The molecule has 0 atom stereocenters. The third-order valence-electron chi connectivity index (χ3n) is 3.24. The Kier molecular flexibility index (Phi) is 4.09. The number of anilines is 1. The van der Waals surface area contributed by atoms with Gasteiger partial charge in [-0.05, 0) is 32.3 Å². The summed E-state index contributed by atoms with van der Waals surface area (Å²) in [7, 11) is 0. The van der Waals surface area contributed by atoms with Crippen LogP contribution in [0, 0.1) is 6.92 Å². The maximum atomic E-state index is 12.4. The molecule has 1 aromatic rings. The molecule has 0 aliphatic carbocycles. The van der Waals surface area contributed by atoms with Gasteiger partial charge in [0.2, 0.25) is 0 Å². The van der Waals surface area contributed by atoms with Crippen LogP contribution < -0.4 is 5.73 Å². The number of carbonyl (C=O) groups excluding carboxylic acids is 2. The van der Waals surface area contributed by atoms with Crippen molar-refractivity contribution in [1.82, 2.24) is 4.90 Å². The van der Waals surface area contributed by atoms with Crippen LogP contribution in [-0.2, 0) is 4.74 Å². The van der Waals surface area contributed by atoms with E-state index in [9.17, 15) is 9.59 Å². The molecular weight excluding hydrogens is 264 g/mol. The Labute approximate surface area is 116 Å². The lowest BCUT2D eigenvalue weighted by atomic mass is 10.1. The van der Waals surface area contributed by atoms with Gasteiger partial charge in [-0.3, -0.25) is 4.79 Å². The maximum Gasteiger partial charge on any atom is 0.348 e. The molecule has 1 aliphatic rings. The van der Waals surface area contributed by atoms with Crippen LogP contribution in [0.1, 0.15) is 45.4 Å². The minimum atomic E-state index is -0.405. The van der Waals surface area contributed by atoms with Gasteiger partial charge in [-0.2, -0.15) is 0 Å². The molecule has 1 fully saturated rings. The second kappa shape index (κ2) is 5.61. The highest BCUT2D eigenvalue weighted by Gasteiger charge is 2.28. The summed E-state index contributed by atoms with van der Waals surface area (Å²) in [6.45, 7) is 5.35. The molecule has 1 aromatic heterocycles. The summed E-state index contributed by atoms with van der Waals surface area (Å²) in [6.07, 6.45) is 2.05. The highest BCUT2D eigenvalue weighted by Crippen LogP contribution is 2.32. The SMILES string of the molecule is CCOC(=O)c1sc(N)c(C(=O)N2CCCC2)c1C. The van der Waals surface area contributed by atoms with Gasteiger partial charge in [-0.15, -0.1) is 11.3 Å². The maximum absolute atomic E-state index is 12.4. The molecule has 19 heavy (non-hydrogen) atoms. The number of amides is 1. The van der Waals surface area contributed by atoms with Crippen molar-refractivity contribution in [2.24, 2.45) is 0 Å². The van der Waals surface area contributed by atoms with Crippen LogP contribution >= 0.6 is 11.3 Å². The smallest absolute Gasteiger partial charge is 0.348 e. The lowest BCUT2D eigenvalue weighted by molar-refractivity contribution is 0.0531. The van der Waals surface area contributed by atoms with E-state index in [-0.39, 0.29) is 5.91 Å². The van der Waals surface area contributed by atoms with E-state index in [1.54, 1.807) is 18.7 Å². The highest BCUT2D eigenvalue weighted by molar-refractivity contribution is 7.18. The Morgan fingerprint density at radius 1 is 1.37 bits per heavy atom. The van der Waals surface area contributed by atoms with Crippen molar-refractivity contribution < 1.29 is 14.3 Å². The van der Waals surface area contributed by atoms with Crippen molar-refractivity contribution >= 4 is 28.2 Å². The second-order valence-electron chi connectivity index (χ2n) is 4.52. The average molecular weight is 282 g/mol. The van der Waals surface area contributed by atoms with Crippen LogP contribution in [0.4, 0.5) is 5.00 Å². The number of hydrogen-bond acceptors (Lipinski definition) is 5. The molecule has 0 bridgehead atoms. The van der Waals surface area contributed by atoms with Crippen LogP contribution in [0.5, 0.6) is 0 Å². The zero-order chi connectivity index (χ0) is 14.0. The van der Waals surface area contributed by atoms with E-state index in [2.05, 4.69) is 0 Å². The molecule has 104 valence electrons. The summed E-state index contributed by atoms with van der Waals surface area (Å²) < 4.78 is 4.97. The Hall–Kier alpha value is -1.56. The molecule has 2 heterocycles. The number of rotatable bonds is 3.